The second-order valence-electron chi connectivity index (χ2n) is 2.22. The molecule has 1 nitrogen and oxygen atoms in total. The quantitative estimate of drug-likeness (QED) is 0.414. The Morgan fingerprint density at radius 1 is 1.80 bits per heavy atom. The topological polar surface area (TPSA) is 23.9 Å². The van der Waals surface area contributed by atoms with Gasteiger partial charge in [0.2, 0.25) is 0 Å². The van der Waals surface area contributed by atoms with Crippen LogP contribution in [0.15, 0.2) is 23.8 Å². The summed E-state index contributed by atoms with van der Waals surface area (Å²) in [6.45, 7) is 0. The van der Waals surface area contributed by atoms with Crippen molar-refractivity contribution in [3.63, 3.8) is 0 Å². The third kappa shape index (κ3) is 1.35. The molecular weight excluding hydrogens is 122 g/mol. The zero-order valence-corrected chi connectivity index (χ0v) is 5.67. The van der Waals surface area contributed by atoms with E-state index in [4.69, 9.17) is 11.8 Å². The average Bonchev–Trinajstić information content (AvgIpc) is 2.05. The van der Waals surface area contributed by atoms with Crippen LogP contribution in [0.25, 0.3) is 0 Å². The molecule has 0 fully saturated rings. The Labute approximate surface area is 61.0 Å². The summed E-state index contributed by atoms with van der Waals surface area (Å²) in [5.74, 6) is 2.88. The minimum atomic E-state index is 0.240. The van der Waals surface area contributed by atoms with E-state index in [1.54, 1.807) is 0 Å². The van der Waals surface area contributed by atoms with Crippen LogP contribution in [-0.2, 0) is 0 Å². The molecule has 0 heterocycles. The Morgan fingerprint density at radius 2 is 2.60 bits per heavy atom. The molecule has 50 valence electrons. The van der Waals surface area contributed by atoms with E-state index in [0.29, 0.717) is 0 Å². The number of rotatable bonds is 1. The molecule has 0 aliphatic heterocycles. The van der Waals surface area contributed by atoms with E-state index in [2.05, 4.69) is 5.92 Å². The van der Waals surface area contributed by atoms with E-state index >= 15 is 0 Å². The Hall–Kier alpha value is -1.29. The molecule has 1 aliphatic carbocycles. The van der Waals surface area contributed by atoms with E-state index in [-0.39, 0.29) is 5.92 Å². The zero-order chi connectivity index (χ0) is 7.40. The maximum absolute atomic E-state index is 6.92. The van der Waals surface area contributed by atoms with Gasteiger partial charge in [0.05, 0.1) is 0 Å². The maximum atomic E-state index is 6.92. The number of allylic oxidation sites excluding steroid dienone is 4. The molecule has 1 N–H and O–H groups in total. The fraction of sp³-hybridized carbons (Fsp3) is 0.222. The molecule has 0 saturated heterocycles. The predicted molar refractivity (Wildman–Crippen MR) is 42.9 cm³/mol. The van der Waals surface area contributed by atoms with Crippen LogP contribution in [0.5, 0.6) is 0 Å². The smallest absolute Gasteiger partial charge is 0.0418 e. The van der Waals surface area contributed by atoms with Crippen LogP contribution in [-0.4, -0.2) is 6.21 Å². The molecular formula is C9H9N. The molecule has 0 bridgehead atoms. The van der Waals surface area contributed by atoms with Gasteiger partial charge in [0.15, 0.2) is 0 Å². The second kappa shape index (κ2) is 3.03. The van der Waals surface area contributed by atoms with Gasteiger partial charge in [0, 0.05) is 12.1 Å². The molecule has 1 heteroatoms. The molecule has 0 aromatic heterocycles. The van der Waals surface area contributed by atoms with Gasteiger partial charge in [0.25, 0.3) is 0 Å². The summed E-state index contributed by atoms with van der Waals surface area (Å²) in [5.41, 5.74) is 0.950. The molecule has 0 amide bonds. The first kappa shape index (κ1) is 6.82. The number of nitrogens with one attached hydrogen (secondary N) is 1. The van der Waals surface area contributed by atoms with Gasteiger partial charge in [-0.15, -0.1) is 6.42 Å². The van der Waals surface area contributed by atoms with Gasteiger partial charge in [-0.3, -0.25) is 0 Å². The molecule has 1 atom stereocenters. The standard InChI is InChI=1S/C9H9N/c1-2-8-3-5-9(7-10)6-4-8/h1,3,5-8,10H,4H2. The Morgan fingerprint density at radius 3 is 3.00 bits per heavy atom. The van der Waals surface area contributed by atoms with Gasteiger partial charge in [-0.2, -0.15) is 0 Å². The van der Waals surface area contributed by atoms with E-state index in [1.807, 2.05) is 18.2 Å². The Kier molecular flexibility index (Phi) is 2.07. The molecule has 1 rings (SSSR count). The molecule has 0 aromatic carbocycles. The van der Waals surface area contributed by atoms with Crippen LogP contribution in [0.1, 0.15) is 6.42 Å². The van der Waals surface area contributed by atoms with Crippen LogP contribution in [0.4, 0.5) is 0 Å². The van der Waals surface area contributed by atoms with Crippen molar-refractivity contribution in [2.45, 2.75) is 6.42 Å². The Balaban J connectivity index is 2.65. The van der Waals surface area contributed by atoms with Crippen molar-refractivity contribution in [3.8, 4) is 12.3 Å². The van der Waals surface area contributed by atoms with Crippen LogP contribution in [0.2, 0.25) is 0 Å². The summed E-state index contributed by atoms with van der Waals surface area (Å²) in [7, 11) is 0. The van der Waals surface area contributed by atoms with Gasteiger partial charge in [-0.25, -0.2) is 0 Å². The van der Waals surface area contributed by atoms with Crippen molar-refractivity contribution in [1.82, 2.24) is 0 Å². The van der Waals surface area contributed by atoms with E-state index < -0.39 is 0 Å². The summed E-state index contributed by atoms with van der Waals surface area (Å²) < 4.78 is 0. The largest absolute Gasteiger partial charge is 0.308 e. The van der Waals surface area contributed by atoms with Crippen LogP contribution < -0.4 is 0 Å². The van der Waals surface area contributed by atoms with Crippen molar-refractivity contribution in [2.75, 3.05) is 0 Å². The predicted octanol–water partition coefficient (Wildman–Crippen LogP) is 1.77. The third-order valence-corrected chi connectivity index (χ3v) is 1.51. The minimum Gasteiger partial charge on any atom is -0.308 e. The maximum Gasteiger partial charge on any atom is 0.0418 e. The monoisotopic (exact) mass is 131 g/mol. The highest BCUT2D eigenvalue weighted by Crippen LogP contribution is 2.13. The summed E-state index contributed by atoms with van der Waals surface area (Å²) >= 11 is 0. The second-order valence-corrected chi connectivity index (χ2v) is 2.22. The Bertz CT molecular complexity index is 228. The van der Waals surface area contributed by atoms with E-state index in [9.17, 15) is 0 Å². The third-order valence-electron chi connectivity index (χ3n) is 1.51. The van der Waals surface area contributed by atoms with Gasteiger partial charge >= 0.3 is 0 Å². The zero-order valence-electron chi connectivity index (χ0n) is 5.67. The molecule has 0 radical (unpaired) electrons. The van der Waals surface area contributed by atoms with Gasteiger partial charge < -0.3 is 5.41 Å². The fourth-order valence-electron chi connectivity index (χ4n) is 0.868. The van der Waals surface area contributed by atoms with E-state index in [0.717, 1.165) is 12.0 Å². The van der Waals surface area contributed by atoms with Gasteiger partial charge in [-0.05, 0) is 12.0 Å². The lowest BCUT2D eigenvalue weighted by Gasteiger charge is -2.06. The van der Waals surface area contributed by atoms with Crippen LogP contribution in [0.3, 0.4) is 0 Å². The van der Waals surface area contributed by atoms with Crippen molar-refractivity contribution in [1.29, 1.82) is 5.41 Å². The minimum absolute atomic E-state index is 0.240. The molecule has 1 aliphatic rings. The lowest BCUT2D eigenvalue weighted by atomic mass is 9.98. The van der Waals surface area contributed by atoms with Crippen molar-refractivity contribution in [3.05, 3.63) is 23.8 Å². The summed E-state index contributed by atoms with van der Waals surface area (Å²) in [6, 6.07) is 0. The SMILES string of the molecule is C#CC1C=CC(C=N)=CC1. The molecule has 0 aromatic rings. The first-order valence-corrected chi connectivity index (χ1v) is 3.22. The van der Waals surface area contributed by atoms with Crippen molar-refractivity contribution < 1.29 is 0 Å². The highest BCUT2D eigenvalue weighted by atomic mass is 14.3. The molecule has 0 saturated carbocycles. The fourth-order valence-corrected chi connectivity index (χ4v) is 0.868. The number of terminal acetylenes is 1. The van der Waals surface area contributed by atoms with Gasteiger partial charge in [-0.1, -0.05) is 24.1 Å². The van der Waals surface area contributed by atoms with E-state index in [1.165, 1.54) is 6.21 Å². The highest BCUT2D eigenvalue weighted by Gasteiger charge is 2.02. The molecule has 1 unspecified atom stereocenters. The summed E-state index contributed by atoms with van der Waals surface area (Å²) in [6.07, 6.45) is 13.2. The van der Waals surface area contributed by atoms with Crippen molar-refractivity contribution in [2.24, 2.45) is 5.92 Å². The number of hydrogen-bond donors (Lipinski definition) is 1. The first-order valence-electron chi connectivity index (χ1n) is 3.22. The lowest BCUT2D eigenvalue weighted by Crippen LogP contribution is -1.96. The normalized spacial score (nSPS) is 23.1. The van der Waals surface area contributed by atoms with Gasteiger partial charge in [0.1, 0.15) is 0 Å². The number of hydrogen-bond acceptors (Lipinski definition) is 1. The molecule has 10 heavy (non-hydrogen) atoms. The first-order chi connectivity index (χ1) is 4.86. The summed E-state index contributed by atoms with van der Waals surface area (Å²) in [4.78, 5) is 0. The molecule has 0 spiro atoms. The average molecular weight is 131 g/mol. The highest BCUT2D eigenvalue weighted by molar-refractivity contribution is 5.80. The lowest BCUT2D eigenvalue weighted by molar-refractivity contribution is 0.850. The van der Waals surface area contributed by atoms with Crippen LogP contribution >= 0.6 is 0 Å². The summed E-state index contributed by atoms with van der Waals surface area (Å²) in [5, 5.41) is 6.92. The van der Waals surface area contributed by atoms with Crippen molar-refractivity contribution >= 4 is 6.21 Å². The van der Waals surface area contributed by atoms with Crippen LogP contribution in [0, 0.1) is 23.7 Å².